The normalized spacial score (nSPS) is 15.8. The molecule has 0 rings (SSSR count). The number of hydrogen-bond donors (Lipinski definition) is 0. The fourth-order valence-corrected chi connectivity index (χ4v) is 2.69. The van der Waals surface area contributed by atoms with E-state index in [0.717, 1.165) is 24.7 Å². The lowest BCUT2D eigenvalue weighted by molar-refractivity contribution is -0.145. The summed E-state index contributed by atoms with van der Waals surface area (Å²) >= 11 is 0. The molecule has 0 aliphatic heterocycles. The van der Waals surface area contributed by atoms with E-state index >= 15 is 0 Å². The summed E-state index contributed by atoms with van der Waals surface area (Å²) in [5.41, 5.74) is 0. The van der Waals surface area contributed by atoms with Crippen LogP contribution < -0.4 is 0 Å². The van der Waals surface area contributed by atoms with Gasteiger partial charge in [0.15, 0.2) is 0 Å². The first-order valence-electron chi connectivity index (χ1n) is 8.09. The van der Waals surface area contributed by atoms with E-state index in [-0.39, 0.29) is 11.9 Å². The zero-order valence-corrected chi connectivity index (χ0v) is 13.7. The van der Waals surface area contributed by atoms with Crippen LogP contribution in [0.2, 0.25) is 0 Å². The summed E-state index contributed by atoms with van der Waals surface area (Å²) in [5, 5.41) is 0. The fraction of sp³-hybridized carbons (Fsp3) is 0.941. The highest BCUT2D eigenvalue weighted by molar-refractivity contribution is 5.71. The van der Waals surface area contributed by atoms with Gasteiger partial charge >= 0.3 is 5.97 Å². The molecule has 2 nitrogen and oxygen atoms in total. The molecule has 0 radical (unpaired) electrons. The maximum absolute atomic E-state index is 11.3. The van der Waals surface area contributed by atoms with Crippen molar-refractivity contribution in [3.63, 3.8) is 0 Å². The van der Waals surface area contributed by atoms with Crippen molar-refractivity contribution in [2.75, 3.05) is 7.11 Å². The molecule has 0 bridgehead atoms. The van der Waals surface area contributed by atoms with Gasteiger partial charge in [0.25, 0.3) is 0 Å². The van der Waals surface area contributed by atoms with Gasteiger partial charge in [0.1, 0.15) is 0 Å². The molecule has 0 saturated carbocycles. The lowest BCUT2D eigenvalue weighted by Crippen LogP contribution is -2.12. The fourth-order valence-electron chi connectivity index (χ4n) is 2.69. The van der Waals surface area contributed by atoms with E-state index in [1.807, 2.05) is 6.92 Å². The number of hydrogen-bond acceptors (Lipinski definition) is 2. The Morgan fingerprint density at radius 1 is 0.895 bits per heavy atom. The first-order chi connectivity index (χ1) is 9.01. The van der Waals surface area contributed by atoms with Gasteiger partial charge in [0.05, 0.1) is 13.0 Å². The quantitative estimate of drug-likeness (QED) is 0.482. The van der Waals surface area contributed by atoms with Gasteiger partial charge in [0, 0.05) is 0 Å². The minimum atomic E-state index is -0.0685. The Kier molecular flexibility index (Phi) is 11.0. The monoisotopic (exact) mass is 270 g/mol. The van der Waals surface area contributed by atoms with Crippen LogP contribution in [0.1, 0.15) is 79.1 Å². The number of carbonyl (C=O) groups is 1. The first kappa shape index (κ1) is 18.5. The van der Waals surface area contributed by atoms with Crippen LogP contribution in [0.25, 0.3) is 0 Å². The zero-order valence-electron chi connectivity index (χ0n) is 13.7. The van der Waals surface area contributed by atoms with Crippen molar-refractivity contribution in [1.29, 1.82) is 0 Å². The van der Waals surface area contributed by atoms with E-state index in [4.69, 9.17) is 4.74 Å². The van der Waals surface area contributed by atoms with Gasteiger partial charge in [-0.05, 0) is 18.3 Å². The van der Waals surface area contributed by atoms with E-state index in [0.29, 0.717) is 0 Å². The van der Waals surface area contributed by atoms with Crippen LogP contribution in [0.5, 0.6) is 0 Å². The highest BCUT2D eigenvalue weighted by Crippen LogP contribution is 2.21. The second-order valence-corrected chi connectivity index (χ2v) is 6.29. The van der Waals surface area contributed by atoms with E-state index < -0.39 is 0 Å². The average Bonchev–Trinajstić information content (AvgIpc) is 2.37. The molecule has 3 atom stereocenters. The lowest BCUT2D eigenvalue weighted by Gasteiger charge is -2.15. The maximum Gasteiger partial charge on any atom is 0.308 e. The lowest BCUT2D eigenvalue weighted by atomic mass is 9.92. The Hall–Kier alpha value is -0.530. The van der Waals surface area contributed by atoms with Crippen LogP contribution in [0.15, 0.2) is 0 Å². The zero-order chi connectivity index (χ0) is 14.7. The first-order valence-corrected chi connectivity index (χ1v) is 8.09. The maximum atomic E-state index is 11.3. The largest absolute Gasteiger partial charge is 0.469 e. The van der Waals surface area contributed by atoms with Crippen LogP contribution in [0.4, 0.5) is 0 Å². The second-order valence-electron chi connectivity index (χ2n) is 6.29. The number of esters is 1. The highest BCUT2D eigenvalue weighted by atomic mass is 16.5. The molecule has 114 valence electrons. The molecule has 0 aliphatic rings. The molecule has 0 aromatic heterocycles. The van der Waals surface area contributed by atoms with Crippen molar-refractivity contribution in [3.8, 4) is 0 Å². The number of rotatable bonds is 11. The van der Waals surface area contributed by atoms with E-state index in [1.165, 1.54) is 45.6 Å². The summed E-state index contributed by atoms with van der Waals surface area (Å²) < 4.78 is 4.74. The Bertz CT molecular complexity index is 225. The third-order valence-electron chi connectivity index (χ3n) is 4.11. The molecule has 0 aliphatic carbocycles. The third-order valence-corrected chi connectivity index (χ3v) is 4.11. The molecular weight excluding hydrogens is 236 g/mol. The average molecular weight is 270 g/mol. The summed E-state index contributed by atoms with van der Waals surface area (Å²) in [6.07, 6.45) is 10.1. The summed E-state index contributed by atoms with van der Waals surface area (Å²) in [5.74, 6) is 1.66. The van der Waals surface area contributed by atoms with Crippen molar-refractivity contribution in [3.05, 3.63) is 0 Å². The second kappa shape index (κ2) is 11.3. The van der Waals surface area contributed by atoms with Crippen molar-refractivity contribution >= 4 is 5.97 Å². The molecule has 0 fully saturated rings. The highest BCUT2D eigenvalue weighted by Gasteiger charge is 2.13. The van der Waals surface area contributed by atoms with Crippen molar-refractivity contribution < 1.29 is 9.53 Å². The smallest absolute Gasteiger partial charge is 0.308 e. The SMILES string of the molecule is CCC[C@@H](C)CCC[C@H](C)CCC[C@@H](C)C(=O)OC. The predicted molar refractivity (Wildman–Crippen MR) is 82.1 cm³/mol. The van der Waals surface area contributed by atoms with Crippen molar-refractivity contribution in [2.45, 2.75) is 79.1 Å². The number of ether oxygens (including phenoxy) is 1. The number of carbonyl (C=O) groups excluding carboxylic acids is 1. The van der Waals surface area contributed by atoms with Gasteiger partial charge in [-0.25, -0.2) is 0 Å². The standard InChI is InChI=1S/C17H34O2/c1-6-9-14(2)10-7-11-15(3)12-8-13-16(4)17(18)19-5/h14-16H,6-13H2,1-5H3/t14-,15+,16-/m1/s1. The Balaban J connectivity index is 3.54. The minimum Gasteiger partial charge on any atom is -0.469 e. The van der Waals surface area contributed by atoms with Crippen LogP contribution in [0, 0.1) is 17.8 Å². The molecule has 0 saturated heterocycles. The summed E-state index contributed by atoms with van der Waals surface area (Å²) in [6, 6.07) is 0. The van der Waals surface area contributed by atoms with E-state index in [9.17, 15) is 4.79 Å². The molecule has 0 spiro atoms. The molecule has 0 heterocycles. The van der Waals surface area contributed by atoms with Crippen LogP contribution in [-0.4, -0.2) is 13.1 Å². The summed E-state index contributed by atoms with van der Waals surface area (Å²) in [4.78, 5) is 11.3. The Morgan fingerprint density at radius 2 is 1.37 bits per heavy atom. The van der Waals surface area contributed by atoms with Gasteiger partial charge in [-0.3, -0.25) is 4.79 Å². The van der Waals surface area contributed by atoms with Crippen molar-refractivity contribution in [1.82, 2.24) is 0 Å². The summed E-state index contributed by atoms with van der Waals surface area (Å²) in [7, 11) is 1.47. The summed E-state index contributed by atoms with van der Waals surface area (Å²) in [6.45, 7) is 8.93. The molecule has 0 aromatic rings. The van der Waals surface area contributed by atoms with Gasteiger partial charge < -0.3 is 4.74 Å². The minimum absolute atomic E-state index is 0.0572. The van der Waals surface area contributed by atoms with Crippen LogP contribution in [-0.2, 0) is 9.53 Å². The van der Waals surface area contributed by atoms with Gasteiger partial charge in [-0.15, -0.1) is 0 Å². The topological polar surface area (TPSA) is 26.3 Å². The molecule has 0 N–H and O–H groups in total. The molecule has 2 heteroatoms. The predicted octanol–water partition coefficient (Wildman–Crippen LogP) is 5.21. The molecular formula is C17H34O2. The Morgan fingerprint density at radius 3 is 1.84 bits per heavy atom. The van der Waals surface area contributed by atoms with Gasteiger partial charge in [-0.2, -0.15) is 0 Å². The van der Waals surface area contributed by atoms with E-state index in [2.05, 4.69) is 20.8 Å². The van der Waals surface area contributed by atoms with Crippen LogP contribution >= 0.6 is 0 Å². The van der Waals surface area contributed by atoms with Gasteiger partial charge in [0.2, 0.25) is 0 Å². The molecule has 0 amide bonds. The van der Waals surface area contributed by atoms with Crippen LogP contribution in [0.3, 0.4) is 0 Å². The Labute approximate surface area is 120 Å². The molecule has 0 unspecified atom stereocenters. The number of methoxy groups -OCH3 is 1. The van der Waals surface area contributed by atoms with Gasteiger partial charge in [-0.1, -0.05) is 72.6 Å². The van der Waals surface area contributed by atoms with Crippen molar-refractivity contribution in [2.24, 2.45) is 17.8 Å². The third kappa shape index (κ3) is 9.98. The molecule has 0 aromatic carbocycles. The van der Waals surface area contributed by atoms with E-state index in [1.54, 1.807) is 0 Å². The molecule has 19 heavy (non-hydrogen) atoms.